The number of carbonyl (C=O) groups is 3. The molecule has 3 rings (SSSR count). The van der Waals surface area contributed by atoms with E-state index >= 15 is 0 Å². The Balaban J connectivity index is 1.65. The van der Waals surface area contributed by atoms with E-state index in [-0.39, 0.29) is 12.5 Å². The Kier molecular flexibility index (Phi) is 7.78. The van der Waals surface area contributed by atoms with E-state index in [0.717, 1.165) is 31.2 Å². The molecule has 0 saturated heterocycles. The van der Waals surface area contributed by atoms with E-state index in [0.29, 0.717) is 17.6 Å². The van der Waals surface area contributed by atoms with Crippen molar-refractivity contribution in [2.24, 2.45) is 11.8 Å². The van der Waals surface area contributed by atoms with Crippen LogP contribution in [0.4, 0.5) is 9.59 Å². The van der Waals surface area contributed by atoms with Crippen LogP contribution in [0.2, 0.25) is 0 Å². The molecule has 1 N–H and O–H groups in total. The lowest BCUT2D eigenvalue weighted by Gasteiger charge is -2.25. The molecular weight excluding hydrogens is 438 g/mol. The Morgan fingerprint density at radius 3 is 1.88 bits per heavy atom. The number of ether oxygens (including phenoxy) is 4. The van der Waals surface area contributed by atoms with Gasteiger partial charge in [-0.1, -0.05) is 12.1 Å². The summed E-state index contributed by atoms with van der Waals surface area (Å²) >= 11 is 0. The zero-order valence-corrected chi connectivity index (χ0v) is 21.0. The van der Waals surface area contributed by atoms with Crippen molar-refractivity contribution in [3.63, 3.8) is 0 Å². The van der Waals surface area contributed by atoms with Gasteiger partial charge in [0.25, 0.3) is 0 Å². The number of alkyl carbamates (subject to hydrolysis) is 1. The normalized spacial score (nSPS) is 17.0. The van der Waals surface area contributed by atoms with Gasteiger partial charge in [-0.25, -0.2) is 14.4 Å². The third-order valence-corrected chi connectivity index (χ3v) is 5.35. The molecule has 1 atom stereocenters. The lowest BCUT2D eigenvalue weighted by atomic mass is 10.1. The van der Waals surface area contributed by atoms with Crippen molar-refractivity contribution in [1.82, 2.24) is 5.32 Å². The molecule has 2 aliphatic carbocycles. The highest BCUT2D eigenvalue weighted by Gasteiger charge is 2.45. The minimum absolute atomic E-state index is 0.0694. The van der Waals surface area contributed by atoms with E-state index in [2.05, 4.69) is 5.32 Å². The van der Waals surface area contributed by atoms with E-state index in [1.165, 1.54) is 0 Å². The van der Waals surface area contributed by atoms with E-state index in [4.69, 9.17) is 18.9 Å². The van der Waals surface area contributed by atoms with Crippen LogP contribution in [0, 0.1) is 11.8 Å². The second-order valence-corrected chi connectivity index (χ2v) is 11.2. The van der Waals surface area contributed by atoms with Crippen molar-refractivity contribution < 1.29 is 33.3 Å². The highest BCUT2D eigenvalue weighted by Crippen LogP contribution is 2.46. The number of amides is 1. The summed E-state index contributed by atoms with van der Waals surface area (Å²) in [6.07, 6.45) is 3.01. The predicted molar refractivity (Wildman–Crippen MR) is 125 cm³/mol. The molecule has 2 fully saturated rings. The van der Waals surface area contributed by atoms with Crippen molar-refractivity contribution in [2.75, 3.05) is 0 Å². The fourth-order valence-corrected chi connectivity index (χ4v) is 3.58. The molecule has 1 aromatic carbocycles. The summed E-state index contributed by atoms with van der Waals surface area (Å²) in [6.45, 7) is 10.6. The predicted octanol–water partition coefficient (Wildman–Crippen LogP) is 5.17. The number of hydrogen-bond acceptors (Lipinski definition) is 7. The summed E-state index contributed by atoms with van der Waals surface area (Å²) in [5.74, 6) is 0.731. The monoisotopic (exact) mass is 475 g/mol. The second-order valence-electron chi connectivity index (χ2n) is 11.2. The molecule has 8 heteroatoms. The Hall–Kier alpha value is -2.77. The van der Waals surface area contributed by atoms with Gasteiger partial charge in [-0.15, -0.1) is 0 Å². The van der Waals surface area contributed by atoms with Crippen molar-refractivity contribution in [3.8, 4) is 5.75 Å². The van der Waals surface area contributed by atoms with E-state index in [1.807, 2.05) is 0 Å². The lowest BCUT2D eigenvalue weighted by Crippen LogP contribution is -2.46. The number of rotatable bonds is 8. The van der Waals surface area contributed by atoms with Gasteiger partial charge in [0, 0.05) is 6.42 Å². The van der Waals surface area contributed by atoms with Gasteiger partial charge >= 0.3 is 18.2 Å². The molecule has 2 aliphatic rings. The fraction of sp³-hybridized carbons (Fsp3) is 0.654. The summed E-state index contributed by atoms with van der Waals surface area (Å²) in [5, 5.41) is 2.68. The van der Waals surface area contributed by atoms with Crippen LogP contribution in [0.1, 0.15) is 72.8 Å². The quantitative estimate of drug-likeness (QED) is 0.315. The Bertz CT molecular complexity index is 862. The molecule has 34 heavy (non-hydrogen) atoms. The largest absolute Gasteiger partial charge is 0.514 e. The van der Waals surface area contributed by atoms with Crippen LogP contribution in [0.15, 0.2) is 24.3 Å². The minimum Gasteiger partial charge on any atom is -0.460 e. The minimum atomic E-state index is -0.896. The summed E-state index contributed by atoms with van der Waals surface area (Å²) in [7, 11) is 0. The molecule has 0 radical (unpaired) electrons. The molecular formula is C26H37NO7. The van der Waals surface area contributed by atoms with Gasteiger partial charge in [0.05, 0.1) is 0 Å². The summed E-state index contributed by atoms with van der Waals surface area (Å²) < 4.78 is 21.6. The van der Waals surface area contributed by atoms with Crippen LogP contribution in [0.3, 0.4) is 0 Å². The van der Waals surface area contributed by atoms with Crippen LogP contribution in [-0.4, -0.2) is 41.6 Å². The number of hydrogen-bond donors (Lipinski definition) is 1. The Morgan fingerprint density at radius 1 is 0.882 bits per heavy atom. The first-order chi connectivity index (χ1) is 15.8. The number of nitrogens with one attached hydrogen (secondary N) is 1. The molecule has 188 valence electrons. The summed E-state index contributed by atoms with van der Waals surface area (Å²) in [6, 6.07) is 5.80. The molecule has 1 amide bonds. The van der Waals surface area contributed by atoms with Gasteiger partial charge in [0.1, 0.15) is 29.1 Å². The number of carbonyl (C=O) groups excluding carboxylic acids is 3. The van der Waals surface area contributed by atoms with Gasteiger partial charge in [0.2, 0.25) is 0 Å². The first-order valence-corrected chi connectivity index (χ1v) is 12.0. The zero-order chi connectivity index (χ0) is 25.1. The van der Waals surface area contributed by atoms with Crippen molar-refractivity contribution in [2.45, 2.75) is 97.0 Å². The van der Waals surface area contributed by atoms with Crippen LogP contribution in [0.5, 0.6) is 5.75 Å². The zero-order valence-electron chi connectivity index (χ0n) is 21.0. The first-order valence-electron chi connectivity index (χ1n) is 12.0. The van der Waals surface area contributed by atoms with Gasteiger partial charge in [0.15, 0.2) is 0 Å². The van der Waals surface area contributed by atoms with Gasteiger partial charge in [-0.2, -0.15) is 0 Å². The summed E-state index contributed by atoms with van der Waals surface area (Å²) in [4.78, 5) is 37.4. The maximum Gasteiger partial charge on any atom is 0.514 e. The molecule has 2 saturated carbocycles. The third-order valence-electron chi connectivity index (χ3n) is 5.35. The molecule has 0 unspecified atom stereocenters. The van der Waals surface area contributed by atoms with E-state index < -0.39 is 35.5 Å². The van der Waals surface area contributed by atoms with Crippen LogP contribution in [0.25, 0.3) is 0 Å². The lowest BCUT2D eigenvalue weighted by molar-refractivity contribution is -0.154. The van der Waals surface area contributed by atoms with Crippen LogP contribution in [-0.2, 0) is 25.4 Å². The van der Waals surface area contributed by atoms with Crippen molar-refractivity contribution >= 4 is 18.2 Å². The molecule has 0 aromatic heterocycles. The van der Waals surface area contributed by atoms with Crippen LogP contribution >= 0.6 is 0 Å². The standard InChI is InChI=1S/C26H37NO7/c1-25(2,3)33-23(29)27-20(22(28)32-21(17-9-10-17)18-11-12-18)15-16-7-13-19(14-8-16)31-24(30)34-26(4,5)6/h7-8,13-14,17-18,20-21H,9-12,15H2,1-6H3,(H,27,29)/t20-/m0/s1. The second kappa shape index (κ2) is 10.2. The number of benzene rings is 1. The van der Waals surface area contributed by atoms with Gasteiger partial charge < -0.3 is 24.3 Å². The maximum atomic E-state index is 13.1. The van der Waals surface area contributed by atoms with Gasteiger partial charge in [-0.05, 0) is 96.8 Å². The molecule has 8 nitrogen and oxygen atoms in total. The molecule has 0 bridgehead atoms. The van der Waals surface area contributed by atoms with Gasteiger partial charge in [-0.3, -0.25) is 0 Å². The Labute approximate surface area is 201 Å². The molecule has 0 heterocycles. The topological polar surface area (TPSA) is 100 Å². The number of esters is 1. The SMILES string of the molecule is CC(C)(C)OC(=O)N[C@@H](Cc1ccc(OC(=O)OC(C)(C)C)cc1)C(=O)OC(C1CC1)C1CC1. The fourth-order valence-electron chi connectivity index (χ4n) is 3.58. The molecule has 0 aliphatic heterocycles. The smallest absolute Gasteiger partial charge is 0.460 e. The average Bonchev–Trinajstić information content (AvgIpc) is 3.58. The third kappa shape index (κ3) is 8.88. The average molecular weight is 476 g/mol. The highest BCUT2D eigenvalue weighted by atomic mass is 16.7. The van der Waals surface area contributed by atoms with Crippen LogP contribution < -0.4 is 10.1 Å². The first kappa shape index (κ1) is 25.8. The molecule has 1 aromatic rings. The Morgan fingerprint density at radius 2 is 1.41 bits per heavy atom. The highest BCUT2D eigenvalue weighted by molar-refractivity contribution is 5.82. The summed E-state index contributed by atoms with van der Waals surface area (Å²) in [5.41, 5.74) is -0.579. The van der Waals surface area contributed by atoms with Crippen molar-refractivity contribution in [1.29, 1.82) is 0 Å². The van der Waals surface area contributed by atoms with E-state index in [1.54, 1.807) is 65.8 Å². The van der Waals surface area contributed by atoms with Crippen molar-refractivity contribution in [3.05, 3.63) is 29.8 Å². The van der Waals surface area contributed by atoms with E-state index in [9.17, 15) is 14.4 Å². The molecule has 0 spiro atoms. The maximum absolute atomic E-state index is 13.1.